The molecule has 0 aliphatic heterocycles. The van der Waals surface area contributed by atoms with Crippen LogP contribution in [0.4, 0.5) is 18.9 Å². The SMILES string of the molecule is Nc1cc(OC(F)(F)F)cnc1C(=O)Cl. The Kier molecular flexibility index (Phi) is 3.04. The fraction of sp³-hybridized carbons (Fsp3) is 0.143. The van der Waals surface area contributed by atoms with E-state index in [1.54, 1.807) is 0 Å². The predicted octanol–water partition coefficient (Wildman–Crippen LogP) is 1.94. The number of anilines is 1. The molecule has 0 bridgehead atoms. The van der Waals surface area contributed by atoms with E-state index in [1.807, 2.05) is 0 Å². The average molecular weight is 241 g/mol. The minimum absolute atomic E-state index is 0.281. The van der Waals surface area contributed by atoms with Gasteiger partial charge in [-0.25, -0.2) is 4.98 Å². The van der Waals surface area contributed by atoms with Crippen molar-refractivity contribution in [3.63, 3.8) is 0 Å². The third-order valence-electron chi connectivity index (χ3n) is 1.31. The number of alkyl halides is 3. The highest BCUT2D eigenvalue weighted by Gasteiger charge is 2.31. The van der Waals surface area contributed by atoms with Gasteiger partial charge in [0.15, 0.2) is 0 Å². The van der Waals surface area contributed by atoms with Crippen molar-refractivity contribution in [2.75, 3.05) is 5.73 Å². The van der Waals surface area contributed by atoms with Crippen LogP contribution in [0.5, 0.6) is 5.75 Å². The molecule has 0 saturated carbocycles. The molecule has 2 N–H and O–H groups in total. The number of halogens is 4. The molecule has 0 aliphatic rings. The summed E-state index contributed by atoms with van der Waals surface area (Å²) in [7, 11) is 0. The summed E-state index contributed by atoms with van der Waals surface area (Å²) in [5.41, 5.74) is 4.63. The molecule has 0 radical (unpaired) electrons. The first-order chi connectivity index (χ1) is 6.79. The lowest BCUT2D eigenvalue weighted by Gasteiger charge is -2.09. The monoisotopic (exact) mass is 240 g/mol. The number of hydrogen-bond acceptors (Lipinski definition) is 4. The molecule has 0 aliphatic carbocycles. The molecule has 15 heavy (non-hydrogen) atoms. The Morgan fingerprint density at radius 1 is 1.53 bits per heavy atom. The fourth-order valence-corrected chi connectivity index (χ4v) is 0.973. The number of hydrogen-bond donors (Lipinski definition) is 1. The number of carbonyl (C=O) groups excluding carboxylic acids is 1. The van der Waals surface area contributed by atoms with Crippen LogP contribution in [0.2, 0.25) is 0 Å². The average Bonchev–Trinajstić information content (AvgIpc) is 1.99. The molecule has 0 amide bonds. The van der Waals surface area contributed by atoms with E-state index in [2.05, 4.69) is 9.72 Å². The van der Waals surface area contributed by atoms with Crippen molar-refractivity contribution >= 4 is 22.5 Å². The quantitative estimate of drug-likeness (QED) is 0.803. The first-order valence-electron chi connectivity index (χ1n) is 3.50. The van der Waals surface area contributed by atoms with Gasteiger partial charge >= 0.3 is 6.36 Å². The summed E-state index contributed by atoms with van der Waals surface area (Å²) in [6.07, 6.45) is -4.12. The van der Waals surface area contributed by atoms with Gasteiger partial charge in [-0.05, 0) is 11.6 Å². The highest BCUT2D eigenvalue weighted by molar-refractivity contribution is 6.68. The van der Waals surface area contributed by atoms with Crippen LogP contribution in [0.3, 0.4) is 0 Å². The van der Waals surface area contributed by atoms with E-state index < -0.39 is 17.4 Å². The van der Waals surface area contributed by atoms with Crippen LogP contribution in [0.1, 0.15) is 10.5 Å². The number of nitrogen functional groups attached to an aromatic ring is 1. The van der Waals surface area contributed by atoms with Crippen LogP contribution in [-0.4, -0.2) is 16.6 Å². The summed E-state index contributed by atoms with van der Waals surface area (Å²) >= 11 is 5.05. The van der Waals surface area contributed by atoms with E-state index in [0.29, 0.717) is 6.20 Å². The van der Waals surface area contributed by atoms with Crippen molar-refractivity contribution in [3.8, 4) is 5.75 Å². The van der Waals surface area contributed by atoms with Gasteiger partial charge in [-0.15, -0.1) is 13.2 Å². The lowest BCUT2D eigenvalue weighted by Crippen LogP contribution is -2.17. The van der Waals surface area contributed by atoms with Crippen LogP contribution in [0.25, 0.3) is 0 Å². The maximum absolute atomic E-state index is 11.7. The van der Waals surface area contributed by atoms with Crippen molar-refractivity contribution in [2.24, 2.45) is 0 Å². The van der Waals surface area contributed by atoms with Crippen molar-refractivity contribution in [3.05, 3.63) is 18.0 Å². The van der Waals surface area contributed by atoms with E-state index in [1.165, 1.54) is 0 Å². The van der Waals surface area contributed by atoms with Crippen LogP contribution in [0, 0.1) is 0 Å². The molecular formula is C7H4ClF3N2O2. The number of nitrogens with zero attached hydrogens (tertiary/aromatic N) is 1. The minimum atomic E-state index is -4.83. The molecule has 1 heterocycles. The number of ether oxygens (including phenoxy) is 1. The van der Waals surface area contributed by atoms with Gasteiger partial charge in [0, 0.05) is 6.07 Å². The molecule has 0 unspecified atom stereocenters. The molecule has 8 heteroatoms. The van der Waals surface area contributed by atoms with Crippen LogP contribution in [0.15, 0.2) is 12.3 Å². The summed E-state index contributed by atoms with van der Waals surface area (Å²) in [4.78, 5) is 14.0. The summed E-state index contributed by atoms with van der Waals surface area (Å²) in [6, 6.07) is 0.816. The molecule has 0 aromatic carbocycles. The first kappa shape index (κ1) is 11.6. The maximum atomic E-state index is 11.7. The molecule has 1 rings (SSSR count). The van der Waals surface area contributed by atoms with E-state index in [9.17, 15) is 18.0 Å². The Labute approximate surface area is 86.8 Å². The van der Waals surface area contributed by atoms with E-state index in [0.717, 1.165) is 6.07 Å². The number of carbonyl (C=O) groups is 1. The normalized spacial score (nSPS) is 11.2. The summed E-state index contributed by atoms with van der Waals surface area (Å²) in [5.74, 6) is -0.610. The second kappa shape index (κ2) is 3.93. The summed E-state index contributed by atoms with van der Waals surface area (Å²) < 4.78 is 38.8. The molecule has 1 aromatic heterocycles. The van der Waals surface area contributed by atoms with E-state index >= 15 is 0 Å². The highest BCUT2D eigenvalue weighted by atomic mass is 35.5. The number of nitrogens with two attached hydrogens (primary N) is 1. The van der Waals surface area contributed by atoms with Crippen molar-refractivity contribution in [1.82, 2.24) is 4.98 Å². The Balaban J connectivity index is 2.97. The molecule has 0 fully saturated rings. The van der Waals surface area contributed by atoms with E-state index in [-0.39, 0.29) is 11.4 Å². The molecule has 0 atom stereocenters. The molecule has 0 saturated heterocycles. The third kappa shape index (κ3) is 3.28. The Bertz CT molecular complexity index is 394. The van der Waals surface area contributed by atoms with Gasteiger partial charge in [-0.3, -0.25) is 4.79 Å². The smallest absolute Gasteiger partial charge is 0.404 e. The van der Waals surface area contributed by atoms with Gasteiger partial charge in [-0.1, -0.05) is 0 Å². The van der Waals surface area contributed by atoms with Crippen LogP contribution in [-0.2, 0) is 0 Å². The van der Waals surface area contributed by atoms with Crippen molar-refractivity contribution < 1.29 is 22.7 Å². The fourth-order valence-electron chi connectivity index (χ4n) is 0.815. The van der Waals surface area contributed by atoms with Gasteiger partial charge in [0.05, 0.1) is 11.9 Å². The Hall–Kier alpha value is -1.50. The standard InChI is InChI=1S/C7H4ClF3N2O2/c8-6(14)5-4(12)1-3(2-13-5)15-7(9,10)11/h1-2H,12H2. The number of pyridine rings is 1. The minimum Gasteiger partial charge on any atom is -0.404 e. The molecule has 4 nitrogen and oxygen atoms in total. The van der Waals surface area contributed by atoms with Crippen LogP contribution >= 0.6 is 11.6 Å². The molecule has 1 aromatic rings. The summed E-state index contributed by atoms with van der Waals surface area (Å²) in [6.45, 7) is 0. The third-order valence-corrected chi connectivity index (χ3v) is 1.49. The lowest BCUT2D eigenvalue weighted by atomic mass is 10.3. The topological polar surface area (TPSA) is 65.2 Å². The Morgan fingerprint density at radius 2 is 2.13 bits per heavy atom. The largest absolute Gasteiger partial charge is 0.573 e. The van der Waals surface area contributed by atoms with Gasteiger partial charge in [0.2, 0.25) is 0 Å². The second-order valence-electron chi connectivity index (χ2n) is 2.43. The number of aromatic nitrogens is 1. The molecular weight excluding hydrogens is 237 g/mol. The van der Waals surface area contributed by atoms with Crippen molar-refractivity contribution in [2.45, 2.75) is 6.36 Å². The van der Waals surface area contributed by atoms with Crippen LogP contribution < -0.4 is 10.5 Å². The summed E-state index contributed by atoms with van der Waals surface area (Å²) in [5, 5.41) is -0.953. The second-order valence-corrected chi connectivity index (χ2v) is 2.77. The van der Waals surface area contributed by atoms with Gasteiger partial charge in [0.25, 0.3) is 5.24 Å². The zero-order valence-corrected chi connectivity index (χ0v) is 7.76. The van der Waals surface area contributed by atoms with Gasteiger partial charge in [-0.2, -0.15) is 0 Å². The predicted molar refractivity (Wildman–Crippen MR) is 45.5 cm³/mol. The number of rotatable bonds is 2. The van der Waals surface area contributed by atoms with Gasteiger partial charge < -0.3 is 10.5 Å². The van der Waals surface area contributed by atoms with E-state index in [4.69, 9.17) is 17.3 Å². The van der Waals surface area contributed by atoms with Gasteiger partial charge in [0.1, 0.15) is 11.4 Å². The first-order valence-corrected chi connectivity index (χ1v) is 3.88. The highest BCUT2D eigenvalue weighted by Crippen LogP contribution is 2.25. The zero-order valence-electron chi connectivity index (χ0n) is 7.01. The lowest BCUT2D eigenvalue weighted by molar-refractivity contribution is -0.274. The molecule has 0 spiro atoms. The Morgan fingerprint density at radius 3 is 2.53 bits per heavy atom. The van der Waals surface area contributed by atoms with Crippen molar-refractivity contribution in [1.29, 1.82) is 0 Å². The maximum Gasteiger partial charge on any atom is 0.573 e. The zero-order chi connectivity index (χ0) is 11.6. The molecule has 82 valence electrons.